The highest BCUT2D eigenvalue weighted by atomic mass is 16.2. The van der Waals surface area contributed by atoms with Gasteiger partial charge in [0.2, 0.25) is 5.91 Å². The van der Waals surface area contributed by atoms with Crippen LogP contribution in [0, 0.1) is 0 Å². The largest absolute Gasteiger partial charge is 0.342 e. The van der Waals surface area contributed by atoms with Crippen LogP contribution in [0.15, 0.2) is 0 Å². The summed E-state index contributed by atoms with van der Waals surface area (Å²) in [6, 6.07) is 0.555. The van der Waals surface area contributed by atoms with E-state index in [1.54, 1.807) is 4.90 Å². The van der Waals surface area contributed by atoms with Crippen molar-refractivity contribution in [1.29, 1.82) is 0 Å². The van der Waals surface area contributed by atoms with Crippen LogP contribution in [0.2, 0.25) is 0 Å². The van der Waals surface area contributed by atoms with Gasteiger partial charge < -0.3 is 10.6 Å². The number of carbonyl (C=O) groups is 1. The molecule has 1 fully saturated rings. The van der Waals surface area contributed by atoms with E-state index in [4.69, 9.17) is 5.73 Å². The van der Waals surface area contributed by atoms with Crippen LogP contribution in [0.4, 0.5) is 0 Å². The molecule has 0 bridgehead atoms. The smallest absolute Gasteiger partial charge is 0.236 e. The minimum atomic E-state index is 0.182. The third kappa shape index (κ3) is 2.67. The van der Waals surface area contributed by atoms with Crippen LogP contribution in [0.25, 0.3) is 0 Å². The first-order valence-electron chi connectivity index (χ1n) is 4.74. The molecule has 0 aromatic rings. The van der Waals surface area contributed by atoms with Crippen molar-refractivity contribution in [1.82, 2.24) is 9.80 Å². The number of rotatable bonds is 3. The van der Waals surface area contributed by atoms with Gasteiger partial charge in [0, 0.05) is 32.2 Å². The predicted octanol–water partition coefficient (Wildman–Crippen LogP) is -0.504. The van der Waals surface area contributed by atoms with Crippen LogP contribution in [-0.4, -0.2) is 54.5 Å². The first-order valence-corrected chi connectivity index (χ1v) is 4.74. The molecule has 0 saturated carbocycles. The van der Waals surface area contributed by atoms with Gasteiger partial charge in [-0.1, -0.05) is 0 Å². The molecule has 0 unspecified atom stereocenters. The highest BCUT2D eigenvalue weighted by Crippen LogP contribution is 2.05. The third-order valence-corrected chi connectivity index (χ3v) is 2.51. The van der Waals surface area contributed by atoms with Gasteiger partial charge in [0.25, 0.3) is 0 Å². The molecule has 0 aliphatic carbocycles. The van der Waals surface area contributed by atoms with Gasteiger partial charge in [-0.2, -0.15) is 0 Å². The van der Waals surface area contributed by atoms with Crippen molar-refractivity contribution in [3.05, 3.63) is 0 Å². The zero-order chi connectivity index (χ0) is 10.0. The van der Waals surface area contributed by atoms with E-state index in [9.17, 15) is 4.79 Å². The average Bonchev–Trinajstić information content (AvgIpc) is 2.00. The Morgan fingerprint density at radius 3 is 2.54 bits per heavy atom. The summed E-state index contributed by atoms with van der Waals surface area (Å²) >= 11 is 0. The lowest BCUT2D eigenvalue weighted by Gasteiger charge is -2.37. The lowest BCUT2D eigenvalue weighted by Crippen LogP contribution is -2.58. The molecule has 1 heterocycles. The normalized spacial score (nSPS) is 18.8. The number of likely N-dealkylation sites (tertiary alicyclic amines) is 1. The number of hydrogen-bond donors (Lipinski definition) is 1. The Morgan fingerprint density at radius 2 is 2.15 bits per heavy atom. The molecule has 1 aliphatic rings. The molecule has 76 valence electrons. The SMILES string of the molecule is CC(C)N(C)C(=O)CN1CC(N)C1. The fraction of sp³-hybridized carbons (Fsp3) is 0.889. The quantitative estimate of drug-likeness (QED) is 0.644. The minimum Gasteiger partial charge on any atom is -0.342 e. The summed E-state index contributed by atoms with van der Waals surface area (Å²) < 4.78 is 0. The molecule has 4 nitrogen and oxygen atoms in total. The zero-order valence-electron chi connectivity index (χ0n) is 8.66. The number of nitrogens with two attached hydrogens (primary N) is 1. The Kier molecular flexibility index (Phi) is 3.27. The molecule has 1 amide bonds. The van der Waals surface area contributed by atoms with Gasteiger partial charge in [-0.05, 0) is 13.8 Å². The summed E-state index contributed by atoms with van der Waals surface area (Å²) in [7, 11) is 1.84. The number of carbonyl (C=O) groups excluding carboxylic acids is 1. The Bertz CT molecular complexity index is 187. The van der Waals surface area contributed by atoms with Crippen LogP contribution in [-0.2, 0) is 4.79 Å². The maximum atomic E-state index is 11.5. The molecule has 1 saturated heterocycles. The molecule has 13 heavy (non-hydrogen) atoms. The van der Waals surface area contributed by atoms with Gasteiger partial charge in [-0.15, -0.1) is 0 Å². The molecule has 1 rings (SSSR count). The molecular formula is C9H19N3O. The first-order chi connectivity index (χ1) is 6.00. The van der Waals surface area contributed by atoms with Crippen LogP contribution in [0.5, 0.6) is 0 Å². The highest BCUT2D eigenvalue weighted by Gasteiger charge is 2.26. The van der Waals surface area contributed by atoms with Crippen molar-refractivity contribution in [3.8, 4) is 0 Å². The van der Waals surface area contributed by atoms with Gasteiger partial charge in [0.05, 0.1) is 6.54 Å². The van der Waals surface area contributed by atoms with Crippen molar-refractivity contribution in [3.63, 3.8) is 0 Å². The van der Waals surface area contributed by atoms with Crippen molar-refractivity contribution in [2.45, 2.75) is 25.9 Å². The Morgan fingerprint density at radius 1 is 1.62 bits per heavy atom. The van der Waals surface area contributed by atoms with E-state index in [2.05, 4.69) is 4.90 Å². The number of nitrogens with zero attached hydrogens (tertiary/aromatic N) is 2. The van der Waals surface area contributed by atoms with Crippen LogP contribution >= 0.6 is 0 Å². The van der Waals surface area contributed by atoms with E-state index in [-0.39, 0.29) is 18.0 Å². The first kappa shape index (κ1) is 10.5. The summed E-state index contributed by atoms with van der Waals surface area (Å²) in [6.45, 7) is 6.26. The second kappa shape index (κ2) is 4.07. The molecule has 4 heteroatoms. The molecule has 0 atom stereocenters. The van der Waals surface area contributed by atoms with E-state index in [0.29, 0.717) is 6.54 Å². The maximum Gasteiger partial charge on any atom is 0.236 e. The topological polar surface area (TPSA) is 49.6 Å². The summed E-state index contributed by atoms with van der Waals surface area (Å²) in [4.78, 5) is 15.4. The van der Waals surface area contributed by atoms with Gasteiger partial charge in [0.1, 0.15) is 0 Å². The molecule has 0 aromatic carbocycles. The summed E-state index contributed by atoms with van der Waals surface area (Å²) in [5.41, 5.74) is 5.61. The second-order valence-electron chi connectivity index (χ2n) is 4.05. The summed E-state index contributed by atoms with van der Waals surface area (Å²) in [6.07, 6.45) is 0. The van der Waals surface area contributed by atoms with Crippen molar-refractivity contribution < 1.29 is 4.79 Å². The molecule has 0 spiro atoms. The summed E-state index contributed by atoms with van der Waals surface area (Å²) in [5.74, 6) is 0.182. The Hall–Kier alpha value is -0.610. The van der Waals surface area contributed by atoms with Crippen LogP contribution in [0.3, 0.4) is 0 Å². The Balaban J connectivity index is 2.25. The maximum absolute atomic E-state index is 11.5. The number of likely N-dealkylation sites (N-methyl/N-ethyl adjacent to an activating group) is 1. The van der Waals surface area contributed by atoms with E-state index >= 15 is 0 Å². The fourth-order valence-electron chi connectivity index (χ4n) is 1.33. The molecule has 0 aromatic heterocycles. The number of amides is 1. The van der Waals surface area contributed by atoms with Gasteiger partial charge in [0.15, 0.2) is 0 Å². The van der Waals surface area contributed by atoms with Crippen molar-refractivity contribution in [2.24, 2.45) is 5.73 Å². The molecule has 2 N–H and O–H groups in total. The Labute approximate surface area is 79.7 Å². The third-order valence-electron chi connectivity index (χ3n) is 2.51. The lowest BCUT2D eigenvalue weighted by molar-refractivity contribution is -0.133. The molecule has 1 aliphatic heterocycles. The zero-order valence-corrected chi connectivity index (χ0v) is 8.66. The van der Waals surface area contributed by atoms with E-state index < -0.39 is 0 Å². The average molecular weight is 185 g/mol. The standard InChI is InChI=1S/C9H19N3O/c1-7(2)11(3)9(13)6-12-4-8(10)5-12/h7-8H,4-6,10H2,1-3H3. The predicted molar refractivity (Wildman–Crippen MR) is 52.3 cm³/mol. The summed E-state index contributed by atoms with van der Waals surface area (Å²) in [5, 5.41) is 0. The van der Waals surface area contributed by atoms with Gasteiger partial charge in [-0.3, -0.25) is 9.69 Å². The van der Waals surface area contributed by atoms with Crippen molar-refractivity contribution in [2.75, 3.05) is 26.7 Å². The monoisotopic (exact) mass is 185 g/mol. The van der Waals surface area contributed by atoms with E-state index in [0.717, 1.165) is 13.1 Å². The van der Waals surface area contributed by atoms with Crippen molar-refractivity contribution >= 4 is 5.91 Å². The molecule has 0 radical (unpaired) electrons. The van der Waals surface area contributed by atoms with Crippen LogP contribution < -0.4 is 5.73 Å². The highest BCUT2D eigenvalue weighted by molar-refractivity contribution is 5.78. The lowest BCUT2D eigenvalue weighted by atomic mass is 10.1. The number of hydrogen-bond acceptors (Lipinski definition) is 3. The minimum absolute atomic E-state index is 0.182. The van der Waals surface area contributed by atoms with E-state index in [1.807, 2.05) is 20.9 Å². The fourth-order valence-corrected chi connectivity index (χ4v) is 1.33. The van der Waals surface area contributed by atoms with Crippen LogP contribution in [0.1, 0.15) is 13.8 Å². The van der Waals surface area contributed by atoms with Gasteiger partial charge in [-0.25, -0.2) is 0 Å². The van der Waals surface area contributed by atoms with Gasteiger partial charge >= 0.3 is 0 Å². The molecular weight excluding hydrogens is 166 g/mol. The second-order valence-corrected chi connectivity index (χ2v) is 4.05. The van der Waals surface area contributed by atoms with E-state index in [1.165, 1.54) is 0 Å².